The molecule has 0 aliphatic carbocycles. The molecule has 0 spiro atoms. The highest BCUT2D eigenvalue weighted by molar-refractivity contribution is 6.39. The molecule has 0 unspecified atom stereocenters. The van der Waals surface area contributed by atoms with Crippen molar-refractivity contribution >= 4 is 46.5 Å². The van der Waals surface area contributed by atoms with E-state index in [0.717, 1.165) is 55.3 Å². The topological polar surface area (TPSA) is 118 Å². The quantitative estimate of drug-likeness (QED) is 0.120. The van der Waals surface area contributed by atoms with E-state index in [1.807, 2.05) is 0 Å². The van der Waals surface area contributed by atoms with Crippen LogP contribution in [0.5, 0.6) is 0 Å². The number of unbranched alkanes of at least 4 members (excludes halogenated alkanes) is 5. The van der Waals surface area contributed by atoms with Crippen molar-refractivity contribution in [3.8, 4) is 22.4 Å². The first-order chi connectivity index (χ1) is 22.9. The Morgan fingerprint density at radius 3 is 2.23 bits per heavy atom. The summed E-state index contributed by atoms with van der Waals surface area (Å²) >= 11 is 12.2. The van der Waals surface area contributed by atoms with Gasteiger partial charge in [-0.15, -0.1) is 0 Å². The number of nitrogens with one attached hydrogen (secondary N) is 3. The number of amides is 3. The molecule has 0 aliphatic heterocycles. The average molecular weight is 704 g/mol. The smallest absolute Gasteiger partial charge is 0.352 e. The summed E-state index contributed by atoms with van der Waals surface area (Å²) in [5, 5.41) is 12.3. The summed E-state index contributed by atoms with van der Waals surface area (Å²) in [6.45, 7) is 4.34. The Kier molecular flexibility index (Phi) is 12.6. The number of aromatic nitrogens is 3. The Balaban J connectivity index is 1.62. The van der Waals surface area contributed by atoms with E-state index in [1.54, 1.807) is 31.2 Å². The second-order valence-electron chi connectivity index (χ2n) is 11.0. The van der Waals surface area contributed by atoms with E-state index in [4.69, 9.17) is 23.2 Å². The van der Waals surface area contributed by atoms with Gasteiger partial charge in [0.2, 0.25) is 0 Å². The van der Waals surface area contributed by atoms with Gasteiger partial charge in [0.25, 0.3) is 11.5 Å². The van der Waals surface area contributed by atoms with Crippen molar-refractivity contribution in [3.63, 3.8) is 0 Å². The number of nitrogens with zero attached hydrogens (tertiary/aromatic N) is 3. The molecular formula is C34H35Cl2F3N6O3. The number of rotatable bonds is 13. The van der Waals surface area contributed by atoms with Crippen LogP contribution in [0.15, 0.2) is 65.7 Å². The van der Waals surface area contributed by atoms with E-state index in [2.05, 4.69) is 33.0 Å². The zero-order valence-electron chi connectivity index (χ0n) is 26.4. The van der Waals surface area contributed by atoms with Crippen molar-refractivity contribution in [2.24, 2.45) is 0 Å². The van der Waals surface area contributed by atoms with Crippen LogP contribution in [0.1, 0.15) is 68.3 Å². The summed E-state index contributed by atoms with van der Waals surface area (Å²) in [6.07, 6.45) is 3.98. The molecule has 0 bridgehead atoms. The lowest BCUT2D eigenvalue weighted by Gasteiger charge is -2.14. The fourth-order valence-electron chi connectivity index (χ4n) is 4.94. The van der Waals surface area contributed by atoms with E-state index >= 15 is 0 Å². The van der Waals surface area contributed by atoms with Gasteiger partial charge in [-0.3, -0.25) is 14.6 Å². The van der Waals surface area contributed by atoms with Crippen LogP contribution in [-0.4, -0.2) is 33.2 Å². The fourth-order valence-corrected chi connectivity index (χ4v) is 5.40. The second kappa shape index (κ2) is 16.6. The molecule has 0 saturated carbocycles. The van der Waals surface area contributed by atoms with Crippen LogP contribution in [0.3, 0.4) is 0 Å². The van der Waals surface area contributed by atoms with Crippen LogP contribution >= 0.6 is 23.2 Å². The Labute approximate surface area is 285 Å². The summed E-state index contributed by atoms with van der Waals surface area (Å²) in [4.78, 5) is 42.6. The maximum absolute atomic E-state index is 13.9. The molecule has 2 heterocycles. The Bertz CT molecular complexity index is 1810. The zero-order chi connectivity index (χ0) is 34.8. The number of carbonyl (C=O) groups is 2. The molecule has 0 fully saturated rings. The molecule has 2 aromatic carbocycles. The van der Waals surface area contributed by atoms with Gasteiger partial charge in [0.1, 0.15) is 5.69 Å². The number of hydrogen-bond donors (Lipinski definition) is 3. The minimum absolute atomic E-state index is 0.0869. The third-order valence-electron chi connectivity index (χ3n) is 7.44. The molecule has 9 nitrogen and oxygen atoms in total. The Morgan fingerprint density at radius 2 is 1.54 bits per heavy atom. The first-order valence-corrected chi connectivity index (χ1v) is 16.3. The van der Waals surface area contributed by atoms with Crippen molar-refractivity contribution in [1.82, 2.24) is 20.1 Å². The number of benzene rings is 2. The van der Waals surface area contributed by atoms with Gasteiger partial charge in [-0.25, -0.2) is 9.48 Å². The monoisotopic (exact) mass is 702 g/mol. The molecule has 254 valence electrons. The van der Waals surface area contributed by atoms with Gasteiger partial charge in [-0.1, -0.05) is 80.4 Å². The SMILES string of the molecule is CCCCCCCCNC(=O)c1cc(-c2cccc(-c3cc(NC(=O)Nc4c(Cl)cncc4Cl)c(=O)n(CC)n3)c2)cc(C(F)(F)F)c1. The largest absolute Gasteiger partial charge is 0.416 e. The first-order valence-electron chi connectivity index (χ1n) is 15.5. The van der Waals surface area contributed by atoms with Gasteiger partial charge in [-0.2, -0.15) is 18.3 Å². The van der Waals surface area contributed by atoms with Gasteiger partial charge < -0.3 is 16.0 Å². The van der Waals surface area contributed by atoms with Crippen LogP contribution < -0.4 is 21.5 Å². The standard InChI is InChI=1S/C34H35Cl2F3N6O3/c1-3-5-6-7-8-9-13-41-31(46)24-15-23(16-25(17-24)34(37,38)39)21-11-10-12-22(14-21)28-18-29(32(47)45(4-2)44-28)42-33(48)43-30-26(35)19-40-20-27(30)36/h10-12,14-20H,3-9,13H2,1-2H3,(H,41,46)(H2,40,42,43,48). The Morgan fingerprint density at radius 1 is 0.854 bits per heavy atom. The summed E-state index contributed by atoms with van der Waals surface area (Å²) < 4.78 is 43.0. The molecule has 48 heavy (non-hydrogen) atoms. The number of anilines is 2. The van der Waals surface area contributed by atoms with Gasteiger partial charge in [0.05, 0.1) is 27.0 Å². The van der Waals surface area contributed by atoms with Crippen LogP contribution in [0.2, 0.25) is 10.0 Å². The van der Waals surface area contributed by atoms with Crippen molar-refractivity contribution < 1.29 is 22.8 Å². The molecule has 2 aromatic heterocycles. The first kappa shape index (κ1) is 36.4. The normalized spacial score (nSPS) is 11.3. The zero-order valence-corrected chi connectivity index (χ0v) is 27.9. The maximum atomic E-state index is 13.9. The lowest BCUT2D eigenvalue weighted by Crippen LogP contribution is -2.29. The van der Waals surface area contributed by atoms with E-state index in [-0.39, 0.29) is 44.8 Å². The van der Waals surface area contributed by atoms with E-state index in [0.29, 0.717) is 17.7 Å². The fraction of sp³-hybridized carbons (Fsp3) is 0.324. The highest BCUT2D eigenvalue weighted by Gasteiger charge is 2.32. The molecule has 14 heteroatoms. The van der Waals surface area contributed by atoms with Crippen molar-refractivity contribution in [3.05, 3.63) is 92.5 Å². The minimum atomic E-state index is -4.69. The number of aryl methyl sites for hydroxylation is 1. The van der Waals surface area contributed by atoms with E-state index < -0.39 is 29.2 Å². The molecule has 4 aromatic rings. The van der Waals surface area contributed by atoms with Gasteiger partial charge >= 0.3 is 12.2 Å². The van der Waals surface area contributed by atoms with Crippen molar-refractivity contribution in [1.29, 1.82) is 0 Å². The summed E-state index contributed by atoms with van der Waals surface area (Å²) in [7, 11) is 0. The molecule has 0 saturated heterocycles. The lowest BCUT2D eigenvalue weighted by atomic mass is 9.97. The number of urea groups is 1. The van der Waals surface area contributed by atoms with Gasteiger partial charge in [0, 0.05) is 36.6 Å². The molecular weight excluding hydrogens is 668 g/mol. The lowest BCUT2D eigenvalue weighted by molar-refractivity contribution is -0.137. The highest BCUT2D eigenvalue weighted by atomic mass is 35.5. The van der Waals surface area contributed by atoms with Crippen LogP contribution in [-0.2, 0) is 12.7 Å². The molecule has 4 rings (SSSR count). The predicted molar refractivity (Wildman–Crippen MR) is 183 cm³/mol. The van der Waals surface area contributed by atoms with Crippen LogP contribution in [0.4, 0.5) is 29.3 Å². The number of hydrogen-bond acceptors (Lipinski definition) is 5. The number of halogens is 5. The van der Waals surface area contributed by atoms with Crippen molar-refractivity contribution in [2.75, 3.05) is 17.2 Å². The predicted octanol–water partition coefficient (Wildman–Crippen LogP) is 9.05. The number of pyridine rings is 1. The van der Waals surface area contributed by atoms with Crippen molar-refractivity contribution in [2.45, 2.75) is 65.1 Å². The molecule has 3 amide bonds. The third kappa shape index (κ3) is 9.57. The van der Waals surface area contributed by atoms with E-state index in [9.17, 15) is 27.6 Å². The van der Waals surface area contributed by atoms with E-state index in [1.165, 1.54) is 24.5 Å². The molecule has 0 aliphatic rings. The molecule has 3 N–H and O–H groups in total. The third-order valence-corrected chi connectivity index (χ3v) is 8.02. The van der Waals surface area contributed by atoms with Crippen LogP contribution in [0.25, 0.3) is 22.4 Å². The summed E-state index contributed by atoms with van der Waals surface area (Å²) in [5.41, 5.74) is -0.413. The van der Waals surface area contributed by atoms with Gasteiger partial charge in [-0.05, 0) is 54.8 Å². The maximum Gasteiger partial charge on any atom is 0.416 e. The Hall–Kier alpha value is -4.42. The van der Waals surface area contributed by atoms with Crippen LogP contribution in [0, 0.1) is 0 Å². The molecule has 0 atom stereocenters. The average Bonchev–Trinajstić information content (AvgIpc) is 3.06. The minimum Gasteiger partial charge on any atom is -0.352 e. The number of carbonyl (C=O) groups excluding carboxylic acids is 2. The second-order valence-corrected chi connectivity index (χ2v) is 11.8. The summed E-state index contributed by atoms with van der Waals surface area (Å²) in [6, 6.07) is 10.3. The molecule has 0 radical (unpaired) electrons. The highest BCUT2D eigenvalue weighted by Crippen LogP contribution is 2.35. The summed E-state index contributed by atoms with van der Waals surface area (Å²) in [5.74, 6) is -0.591. The number of alkyl halides is 3. The van der Waals surface area contributed by atoms with Gasteiger partial charge in [0.15, 0.2) is 0 Å².